The Morgan fingerprint density at radius 2 is 1.96 bits per heavy atom. The lowest BCUT2D eigenvalue weighted by molar-refractivity contribution is 0.102. The molecule has 2 heterocycles. The highest BCUT2D eigenvalue weighted by Gasteiger charge is 2.15. The zero-order valence-electron chi connectivity index (χ0n) is 13.4. The third-order valence-electron chi connectivity index (χ3n) is 3.53. The summed E-state index contributed by atoms with van der Waals surface area (Å²) in [5.41, 5.74) is 2.03. The summed E-state index contributed by atoms with van der Waals surface area (Å²) in [6.07, 6.45) is 3.21. The molecule has 0 aliphatic carbocycles. The molecule has 7 nitrogen and oxygen atoms in total. The highest BCUT2D eigenvalue weighted by atomic mass is 19.1. The number of carbonyl (C=O) groups is 1. The molecule has 1 aromatic carbocycles. The number of carbonyl (C=O) groups excluding carboxylic acids is 1. The Hall–Kier alpha value is -3.03. The number of halogens is 1. The van der Waals surface area contributed by atoms with Gasteiger partial charge in [-0.2, -0.15) is 5.10 Å². The summed E-state index contributed by atoms with van der Waals surface area (Å²) in [7, 11) is 0. The van der Waals surface area contributed by atoms with E-state index in [0.29, 0.717) is 24.3 Å². The molecule has 0 saturated carbocycles. The van der Waals surface area contributed by atoms with Crippen LogP contribution in [0.15, 0.2) is 36.8 Å². The molecular weight excluding hydrogens is 311 g/mol. The number of nitrogens with one attached hydrogen (secondary N) is 1. The largest absolute Gasteiger partial charge is 0.289 e. The molecule has 124 valence electrons. The first-order chi connectivity index (χ1) is 11.5. The first-order valence-corrected chi connectivity index (χ1v) is 7.54. The van der Waals surface area contributed by atoms with Crippen molar-refractivity contribution in [2.45, 2.75) is 26.9 Å². The number of amides is 1. The van der Waals surface area contributed by atoms with Crippen molar-refractivity contribution in [3.63, 3.8) is 0 Å². The molecule has 0 aliphatic heterocycles. The van der Waals surface area contributed by atoms with Crippen LogP contribution < -0.4 is 5.32 Å². The average Bonchev–Trinajstić information content (AvgIpc) is 3.16. The summed E-state index contributed by atoms with van der Waals surface area (Å²) in [4.78, 5) is 16.3. The Morgan fingerprint density at radius 1 is 1.21 bits per heavy atom. The molecule has 24 heavy (non-hydrogen) atoms. The van der Waals surface area contributed by atoms with E-state index >= 15 is 0 Å². The number of aromatic nitrogens is 5. The van der Waals surface area contributed by atoms with E-state index in [-0.39, 0.29) is 17.7 Å². The molecule has 0 saturated heterocycles. The molecule has 2 aromatic heterocycles. The van der Waals surface area contributed by atoms with E-state index < -0.39 is 0 Å². The lowest BCUT2D eigenvalue weighted by Gasteiger charge is -2.01. The van der Waals surface area contributed by atoms with E-state index in [1.807, 2.05) is 6.92 Å². The third kappa shape index (κ3) is 3.48. The number of nitrogens with zero attached hydrogens (tertiary/aromatic N) is 5. The van der Waals surface area contributed by atoms with Crippen LogP contribution in [0.25, 0.3) is 0 Å². The van der Waals surface area contributed by atoms with Gasteiger partial charge in [-0.15, -0.1) is 5.10 Å². The number of anilines is 1. The molecule has 0 radical (unpaired) electrons. The van der Waals surface area contributed by atoms with Gasteiger partial charge in [0.05, 0.1) is 17.8 Å². The van der Waals surface area contributed by atoms with Crippen molar-refractivity contribution in [1.82, 2.24) is 24.5 Å². The van der Waals surface area contributed by atoms with Gasteiger partial charge in [-0.05, 0) is 31.5 Å². The molecular formula is C16H17FN6O. The van der Waals surface area contributed by atoms with Gasteiger partial charge in [0.15, 0.2) is 0 Å². The standard InChI is InChI=1S/C16H17FN6O/c1-3-22-9-14(11(2)20-22)15(24)19-16-18-10-23(21-16)8-12-4-6-13(17)7-5-12/h4-7,9-10H,3,8H2,1-2H3,(H,19,21,24). The monoisotopic (exact) mass is 328 g/mol. The highest BCUT2D eigenvalue weighted by molar-refractivity contribution is 6.03. The zero-order valence-corrected chi connectivity index (χ0v) is 13.4. The minimum atomic E-state index is -0.299. The number of aryl methyl sites for hydroxylation is 2. The molecule has 3 aromatic rings. The second-order valence-electron chi connectivity index (χ2n) is 5.33. The quantitative estimate of drug-likeness (QED) is 0.779. The van der Waals surface area contributed by atoms with E-state index in [2.05, 4.69) is 20.5 Å². The number of hydrogen-bond acceptors (Lipinski definition) is 4. The Balaban J connectivity index is 1.68. The van der Waals surface area contributed by atoms with Gasteiger partial charge >= 0.3 is 0 Å². The average molecular weight is 328 g/mol. The molecule has 1 N–H and O–H groups in total. The first kappa shape index (κ1) is 15.9. The van der Waals surface area contributed by atoms with Gasteiger partial charge in [0.2, 0.25) is 5.95 Å². The maximum atomic E-state index is 12.9. The van der Waals surface area contributed by atoms with Gasteiger partial charge in [-0.3, -0.25) is 14.8 Å². The normalized spacial score (nSPS) is 10.8. The molecule has 0 atom stereocenters. The van der Waals surface area contributed by atoms with E-state index in [4.69, 9.17) is 0 Å². The van der Waals surface area contributed by atoms with Crippen molar-refractivity contribution in [2.24, 2.45) is 0 Å². The fourth-order valence-electron chi connectivity index (χ4n) is 2.28. The lowest BCUT2D eigenvalue weighted by atomic mass is 10.2. The second kappa shape index (κ2) is 6.61. The number of benzene rings is 1. The fourth-order valence-corrected chi connectivity index (χ4v) is 2.28. The minimum absolute atomic E-state index is 0.214. The van der Waals surface area contributed by atoms with Crippen molar-refractivity contribution >= 4 is 11.9 Å². The van der Waals surface area contributed by atoms with Crippen LogP contribution in [-0.4, -0.2) is 30.5 Å². The Kier molecular flexibility index (Phi) is 4.37. The summed E-state index contributed by atoms with van der Waals surface area (Å²) in [5, 5.41) is 11.1. The van der Waals surface area contributed by atoms with E-state index in [1.54, 1.807) is 34.6 Å². The molecule has 0 unspecified atom stereocenters. The number of hydrogen-bond donors (Lipinski definition) is 1. The smallest absolute Gasteiger partial charge is 0.261 e. The molecule has 0 aliphatic rings. The predicted molar refractivity (Wildman–Crippen MR) is 86.1 cm³/mol. The lowest BCUT2D eigenvalue weighted by Crippen LogP contribution is -2.14. The first-order valence-electron chi connectivity index (χ1n) is 7.54. The maximum absolute atomic E-state index is 12.9. The minimum Gasteiger partial charge on any atom is -0.289 e. The van der Waals surface area contributed by atoms with Crippen LogP contribution >= 0.6 is 0 Å². The van der Waals surface area contributed by atoms with Crippen LogP contribution in [0.4, 0.5) is 10.3 Å². The van der Waals surface area contributed by atoms with Crippen molar-refractivity contribution in [3.05, 3.63) is 59.4 Å². The second-order valence-corrected chi connectivity index (χ2v) is 5.33. The van der Waals surface area contributed by atoms with Gasteiger partial charge in [-0.25, -0.2) is 14.1 Å². The molecule has 0 bridgehead atoms. The van der Waals surface area contributed by atoms with Gasteiger partial charge in [0, 0.05) is 12.7 Å². The summed E-state index contributed by atoms with van der Waals surface area (Å²) in [6.45, 7) is 4.86. The van der Waals surface area contributed by atoms with Crippen molar-refractivity contribution in [1.29, 1.82) is 0 Å². The van der Waals surface area contributed by atoms with Gasteiger partial charge in [0.1, 0.15) is 12.1 Å². The maximum Gasteiger partial charge on any atom is 0.261 e. The summed E-state index contributed by atoms with van der Waals surface area (Å²) < 4.78 is 16.2. The van der Waals surface area contributed by atoms with Crippen LogP contribution in [0.1, 0.15) is 28.5 Å². The van der Waals surface area contributed by atoms with E-state index in [0.717, 1.165) is 5.56 Å². The topological polar surface area (TPSA) is 77.6 Å². The Labute approximate surface area is 138 Å². The van der Waals surface area contributed by atoms with E-state index in [9.17, 15) is 9.18 Å². The summed E-state index contributed by atoms with van der Waals surface area (Å²) in [6, 6.07) is 6.14. The van der Waals surface area contributed by atoms with Crippen molar-refractivity contribution < 1.29 is 9.18 Å². The van der Waals surface area contributed by atoms with Crippen molar-refractivity contribution in [3.8, 4) is 0 Å². The summed E-state index contributed by atoms with van der Waals surface area (Å²) >= 11 is 0. The molecule has 8 heteroatoms. The van der Waals surface area contributed by atoms with Crippen LogP contribution in [0, 0.1) is 12.7 Å². The van der Waals surface area contributed by atoms with E-state index in [1.165, 1.54) is 18.5 Å². The SMILES string of the molecule is CCn1cc(C(=O)Nc2ncn(Cc3ccc(F)cc3)n2)c(C)n1. The molecule has 1 amide bonds. The predicted octanol–water partition coefficient (Wildman–Crippen LogP) is 2.24. The molecule has 0 spiro atoms. The van der Waals surface area contributed by atoms with Gasteiger partial charge in [-0.1, -0.05) is 12.1 Å². The van der Waals surface area contributed by atoms with Gasteiger partial charge < -0.3 is 0 Å². The summed E-state index contributed by atoms with van der Waals surface area (Å²) in [5.74, 6) is -0.370. The Bertz CT molecular complexity index is 852. The van der Waals surface area contributed by atoms with Crippen LogP contribution in [-0.2, 0) is 13.1 Å². The fraction of sp³-hybridized carbons (Fsp3) is 0.250. The van der Waals surface area contributed by atoms with Gasteiger partial charge in [0.25, 0.3) is 5.91 Å². The molecule has 0 fully saturated rings. The number of rotatable bonds is 5. The highest BCUT2D eigenvalue weighted by Crippen LogP contribution is 2.09. The van der Waals surface area contributed by atoms with Crippen LogP contribution in [0.3, 0.4) is 0 Å². The third-order valence-corrected chi connectivity index (χ3v) is 3.53. The zero-order chi connectivity index (χ0) is 17.1. The molecule has 3 rings (SSSR count). The Morgan fingerprint density at radius 3 is 2.62 bits per heavy atom. The van der Waals surface area contributed by atoms with Crippen molar-refractivity contribution in [2.75, 3.05) is 5.32 Å². The van der Waals surface area contributed by atoms with Crippen LogP contribution in [0.5, 0.6) is 0 Å². The van der Waals surface area contributed by atoms with Crippen LogP contribution in [0.2, 0.25) is 0 Å².